The molecule has 0 aliphatic heterocycles. The van der Waals surface area contributed by atoms with Gasteiger partial charge in [-0.1, -0.05) is 11.6 Å². The molecule has 1 aromatic carbocycles. The van der Waals surface area contributed by atoms with Gasteiger partial charge in [0.05, 0.1) is 11.1 Å². The second-order valence-electron chi connectivity index (χ2n) is 2.49. The number of aliphatic carboxylic acids is 1. The molecule has 3 nitrogen and oxygen atoms in total. The number of hydrogen-bond acceptors (Lipinski definition) is 2. The van der Waals surface area contributed by atoms with E-state index in [1.807, 2.05) is 0 Å². The predicted molar refractivity (Wildman–Crippen MR) is 49.7 cm³/mol. The van der Waals surface area contributed by atoms with E-state index in [1.165, 1.54) is 6.07 Å². The molecule has 0 amide bonds. The maximum Gasteiger partial charge on any atom is 0.332 e. The van der Waals surface area contributed by atoms with E-state index < -0.39 is 17.5 Å². The second kappa shape index (κ2) is 4.11. The van der Waals surface area contributed by atoms with Crippen molar-refractivity contribution in [1.82, 2.24) is 0 Å². The lowest BCUT2D eigenvalue weighted by atomic mass is 10.2. The molecule has 0 atom stereocenters. The van der Waals surface area contributed by atoms with Crippen molar-refractivity contribution < 1.29 is 19.4 Å². The first-order chi connectivity index (χ1) is 6.50. The van der Waals surface area contributed by atoms with Crippen LogP contribution in [0.15, 0.2) is 24.3 Å². The Kier molecular flexibility index (Phi) is 3.09. The molecule has 0 saturated heterocycles. The number of carbonyl (C=O) groups is 1. The van der Waals surface area contributed by atoms with Gasteiger partial charge in [-0.05, 0) is 18.2 Å². The molecular formula is C9H6ClFO3. The van der Waals surface area contributed by atoms with Crippen molar-refractivity contribution in [3.63, 3.8) is 0 Å². The summed E-state index contributed by atoms with van der Waals surface area (Å²) >= 11 is 5.57. The Balaban J connectivity index is 3.14. The molecule has 1 rings (SSSR count). The Hall–Kier alpha value is -1.55. The number of benzene rings is 1. The van der Waals surface area contributed by atoms with Crippen LogP contribution in [-0.4, -0.2) is 16.2 Å². The summed E-state index contributed by atoms with van der Waals surface area (Å²) in [5, 5.41) is 17.5. The highest BCUT2D eigenvalue weighted by atomic mass is 35.5. The van der Waals surface area contributed by atoms with E-state index in [4.69, 9.17) is 16.7 Å². The zero-order chi connectivity index (χ0) is 10.7. The quantitative estimate of drug-likeness (QED) is 0.590. The fourth-order valence-corrected chi connectivity index (χ4v) is 1.16. The van der Waals surface area contributed by atoms with Gasteiger partial charge in [0.25, 0.3) is 0 Å². The van der Waals surface area contributed by atoms with Crippen LogP contribution in [0, 0.1) is 5.82 Å². The van der Waals surface area contributed by atoms with Crippen LogP contribution in [0.5, 0.6) is 0 Å². The van der Waals surface area contributed by atoms with Crippen molar-refractivity contribution in [2.75, 3.05) is 0 Å². The van der Waals surface area contributed by atoms with Crippen molar-refractivity contribution in [3.8, 4) is 0 Å². The molecular weight excluding hydrogens is 211 g/mol. The molecule has 0 aliphatic rings. The van der Waals surface area contributed by atoms with Crippen LogP contribution in [0.3, 0.4) is 0 Å². The Bertz CT molecular complexity index is 401. The van der Waals surface area contributed by atoms with Crippen molar-refractivity contribution >= 4 is 23.3 Å². The molecule has 0 spiro atoms. The van der Waals surface area contributed by atoms with E-state index in [0.717, 1.165) is 12.1 Å². The molecule has 0 aliphatic carbocycles. The van der Waals surface area contributed by atoms with Crippen LogP contribution in [0.2, 0.25) is 5.02 Å². The van der Waals surface area contributed by atoms with E-state index in [-0.39, 0.29) is 10.6 Å². The molecule has 0 bridgehead atoms. The smallest absolute Gasteiger partial charge is 0.332 e. The molecule has 14 heavy (non-hydrogen) atoms. The molecule has 5 heteroatoms. The number of aliphatic hydroxyl groups is 1. The third-order valence-electron chi connectivity index (χ3n) is 1.47. The number of halogens is 2. The van der Waals surface area contributed by atoms with Gasteiger partial charge in [0.1, 0.15) is 11.6 Å². The van der Waals surface area contributed by atoms with Crippen LogP contribution in [0.4, 0.5) is 4.39 Å². The topological polar surface area (TPSA) is 57.5 Å². The Morgan fingerprint density at radius 3 is 2.57 bits per heavy atom. The summed E-state index contributed by atoms with van der Waals surface area (Å²) in [4.78, 5) is 10.2. The number of hydrogen-bond donors (Lipinski definition) is 2. The minimum absolute atomic E-state index is 0.0417. The third kappa shape index (κ3) is 2.47. The van der Waals surface area contributed by atoms with E-state index >= 15 is 0 Å². The predicted octanol–water partition coefficient (Wildman–Crippen LogP) is 2.46. The zero-order valence-corrected chi connectivity index (χ0v) is 7.62. The lowest BCUT2D eigenvalue weighted by molar-refractivity contribution is -0.131. The van der Waals surface area contributed by atoms with Crippen LogP contribution in [0.1, 0.15) is 5.56 Å². The SMILES string of the molecule is O=C(O)C=C(O)c1ccc(F)cc1Cl. The molecule has 0 saturated carbocycles. The Morgan fingerprint density at radius 1 is 1.43 bits per heavy atom. The summed E-state index contributed by atoms with van der Waals surface area (Å²) in [7, 11) is 0. The van der Waals surface area contributed by atoms with Crippen LogP contribution < -0.4 is 0 Å². The van der Waals surface area contributed by atoms with Gasteiger partial charge in [-0.25, -0.2) is 9.18 Å². The van der Waals surface area contributed by atoms with E-state index in [1.54, 1.807) is 0 Å². The number of carboxylic acid groups (broad SMARTS) is 1. The molecule has 74 valence electrons. The van der Waals surface area contributed by atoms with Crippen molar-refractivity contribution in [2.24, 2.45) is 0 Å². The normalized spacial score (nSPS) is 11.4. The minimum atomic E-state index is -1.30. The van der Waals surface area contributed by atoms with E-state index in [0.29, 0.717) is 6.08 Å². The average molecular weight is 217 g/mol. The first-order valence-electron chi connectivity index (χ1n) is 3.59. The summed E-state index contributed by atoms with van der Waals surface area (Å²) in [6.45, 7) is 0. The van der Waals surface area contributed by atoms with Crippen molar-refractivity contribution in [3.05, 3.63) is 40.7 Å². The van der Waals surface area contributed by atoms with Gasteiger partial charge in [-0.3, -0.25) is 0 Å². The van der Waals surface area contributed by atoms with E-state index in [9.17, 15) is 14.3 Å². The molecule has 2 N–H and O–H groups in total. The zero-order valence-electron chi connectivity index (χ0n) is 6.87. The summed E-state index contributed by atoms with van der Waals surface area (Å²) in [6, 6.07) is 3.27. The number of carboxylic acids is 1. The molecule has 0 radical (unpaired) electrons. The molecule has 1 aromatic rings. The van der Waals surface area contributed by atoms with Gasteiger partial charge < -0.3 is 10.2 Å². The third-order valence-corrected chi connectivity index (χ3v) is 1.78. The number of rotatable bonds is 2. The maximum absolute atomic E-state index is 12.6. The highest BCUT2D eigenvalue weighted by Gasteiger charge is 2.07. The fraction of sp³-hybridized carbons (Fsp3) is 0. The van der Waals surface area contributed by atoms with Crippen molar-refractivity contribution in [2.45, 2.75) is 0 Å². The van der Waals surface area contributed by atoms with E-state index in [2.05, 4.69) is 0 Å². The monoisotopic (exact) mass is 216 g/mol. The summed E-state index contributed by atoms with van der Waals surface area (Å²) in [5.41, 5.74) is 0.0791. The van der Waals surface area contributed by atoms with Crippen LogP contribution >= 0.6 is 11.6 Å². The fourth-order valence-electron chi connectivity index (χ4n) is 0.892. The maximum atomic E-state index is 12.6. The van der Waals surface area contributed by atoms with Gasteiger partial charge in [0.15, 0.2) is 0 Å². The Labute approximate surface area is 84.1 Å². The van der Waals surface area contributed by atoms with Gasteiger partial charge in [0.2, 0.25) is 0 Å². The largest absolute Gasteiger partial charge is 0.507 e. The molecule has 0 aromatic heterocycles. The molecule has 0 unspecified atom stereocenters. The second-order valence-corrected chi connectivity index (χ2v) is 2.90. The standard InChI is InChI=1S/C9H6ClFO3/c10-7-3-5(11)1-2-6(7)8(12)4-9(13)14/h1-4,12H,(H,13,14). The molecule has 0 heterocycles. The van der Waals surface area contributed by atoms with Crippen LogP contribution in [-0.2, 0) is 4.79 Å². The first kappa shape index (κ1) is 10.5. The Morgan fingerprint density at radius 2 is 2.07 bits per heavy atom. The summed E-state index contributed by atoms with van der Waals surface area (Å²) < 4.78 is 12.6. The summed E-state index contributed by atoms with van der Waals surface area (Å²) in [6.07, 6.45) is 0.582. The van der Waals surface area contributed by atoms with Gasteiger partial charge in [0, 0.05) is 5.56 Å². The molecule has 0 fully saturated rings. The minimum Gasteiger partial charge on any atom is -0.507 e. The highest BCUT2D eigenvalue weighted by molar-refractivity contribution is 6.32. The summed E-state index contributed by atoms with van der Waals surface area (Å²) in [5.74, 6) is -2.37. The number of aliphatic hydroxyl groups excluding tert-OH is 1. The van der Waals surface area contributed by atoms with Crippen molar-refractivity contribution in [1.29, 1.82) is 0 Å². The first-order valence-corrected chi connectivity index (χ1v) is 3.97. The average Bonchev–Trinajstić information content (AvgIpc) is 2.01. The van der Waals surface area contributed by atoms with Gasteiger partial charge in [-0.2, -0.15) is 0 Å². The van der Waals surface area contributed by atoms with Gasteiger partial charge >= 0.3 is 5.97 Å². The highest BCUT2D eigenvalue weighted by Crippen LogP contribution is 2.22. The lowest BCUT2D eigenvalue weighted by Crippen LogP contribution is -1.93. The lowest BCUT2D eigenvalue weighted by Gasteiger charge is -2.01. The van der Waals surface area contributed by atoms with Gasteiger partial charge in [-0.15, -0.1) is 0 Å². The van der Waals surface area contributed by atoms with Crippen LogP contribution in [0.25, 0.3) is 5.76 Å².